The fraction of sp³-hybridized carbons (Fsp3) is 0.467. The summed E-state index contributed by atoms with van der Waals surface area (Å²) < 4.78 is 13.2. The van der Waals surface area contributed by atoms with E-state index in [9.17, 15) is 14.0 Å². The van der Waals surface area contributed by atoms with Crippen molar-refractivity contribution in [2.75, 3.05) is 18.8 Å². The fourth-order valence-electron chi connectivity index (χ4n) is 1.91. The summed E-state index contributed by atoms with van der Waals surface area (Å²) in [6.45, 7) is 5.31. The maximum absolute atomic E-state index is 13.2. The first-order chi connectivity index (χ1) is 9.99. The number of benzene rings is 1. The van der Waals surface area contributed by atoms with Gasteiger partial charge in [0.15, 0.2) is 0 Å². The van der Waals surface area contributed by atoms with Crippen LogP contribution >= 0.6 is 11.8 Å². The third-order valence-corrected chi connectivity index (χ3v) is 4.17. The molecule has 0 aliphatic rings. The number of hydrogen-bond donors (Lipinski definition) is 1. The van der Waals surface area contributed by atoms with Gasteiger partial charge >= 0.3 is 5.97 Å². The first-order valence-electron chi connectivity index (χ1n) is 6.93. The van der Waals surface area contributed by atoms with Crippen LogP contribution in [0.25, 0.3) is 0 Å². The van der Waals surface area contributed by atoms with E-state index in [2.05, 4.69) is 0 Å². The van der Waals surface area contributed by atoms with E-state index in [4.69, 9.17) is 5.11 Å². The number of carbonyl (C=O) groups excluding carboxylic acids is 1. The Bertz CT molecular complexity index is 504. The van der Waals surface area contributed by atoms with E-state index in [0.29, 0.717) is 36.6 Å². The molecule has 0 unspecified atom stereocenters. The first kappa shape index (κ1) is 17.5. The van der Waals surface area contributed by atoms with Crippen LogP contribution < -0.4 is 0 Å². The lowest BCUT2D eigenvalue weighted by Gasteiger charge is -2.18. The summed E-state index contributed by atoms with van der Waals surface area (Å²) in [4.78, 5) is 25.1. The molecule has 0 bridgehead atoms. The maximum atomic E-state index is 13.2. The van der Waals surface area contributed by atoms with Crippen molar-refractivity contribution in [3.63, 3.8) is 0 Å². The Morgan fingerprint density at radius 1 is 1.29 bits per heavy atom. The molecule has 1 N–H and O–H groups in total. The number of nitrogens with zero attached hydrogens (tertiary/aromatic N) is 1. The molecule has 6 heteroatoms. The van der Waals surface area contributed by atoms with Crippen molar-refractivity contribution in [2.24, 2.45) is 0 Å². The Morgan fingerprint density at radius 3 is 2.52 bits per heavy atom. The smallest absolute Gasteiger partial charge is 0.338 e. The number of rotatable bonds is 8. The Hall–Kier alpha value is -1.56. The molecule has 0 radical (unpaired) electrons. The van der Waals surface area contributed by atoms with Crippen molar-refractivity contribution < 1.29 is 19.1 Å². The van der Waals surface area contributed by atoms with E-state index in [1.54, 1.807) is 11.0 Å². The number of thioether (sulfide) groups is 1. The molecule has 0 heterocycles. The minimum Gasteiger partial charge on any atom is -0.478 e. The van der Waals surface area contributed by atoms with E-state index in [1.807, 2.05) is 13.8 Å². The third-order valence-electron chi connectivity index (χ3n) is 3.09. The molecule has 4 nitrogen and oxygen atoms in total. The molecule has 0 aromatic heterocycles. The Kier molecular flexibility index (Phi) is 7.22. The molecule has 1 rings (SSSR count). The van der Waals surface area contributed by atoms with Crippen LogP contribution in [0.5, 0.6) is 0 Å². The zero-order valence-corrected chi connectivity index (χ0v) is 13.1. The van der Waals surface area contributed by atoms with E-state index in [1.165, 1.54) is 17.8 Å². The average Bonchev–Trinajstić information content (AvgIpc) is 2.46. The second-order valence-corrected chi connectivity index (χ2v) is 5.63. The summed E-state index contributed by atoms with van der Waals surface area (Å²) in [6, 6.07) is 4.04. The van der Waals surface area contributed by atoms with Crippen molar-refractivity contribution >= 4 is 23.6 Å². The summed E-state index contributed by atoms with van der Waals surface area (Å²) in [6.07, 6.45) is 1.18. The monoisotopic (exact) mass is 313 g/mol. The zero-order valence-electron chi connectivity index (χ0n) is 12.3. The van der Waals surface area contributed by atoms with Crippen LogP contribution in [0.3, 0.4) is 0 Å². The highest BCUT2D eigenvalue weighted by atomic mass is 32.2. The van der Waals surface area contributed by atoms with Gasteiger partial charge in [0.05, 0.1) is 5.56 Å². The SMILES string of the molecule is CCN(CC)C(=O)CCCSc1ccc(F)c(C(=O)O)c1. The highest BCUT2D eigenvalue weighted by Crippen LogP contribution is 2.22. The summed E-state index contributed by atoms with van der Waals surface area (Å²) in [7, 11) is 0. The maximum Gasteiger partial charge on any atom is 0.338 e. The molecule has 0 aliphatic heterocycles. The molecule has 0 aliphatic carbocycles. The highest BCUT2D eigenvalue weighted by Gasteiger charge is 2.12. The number of carbonyl (C=O) groups is 2. The van der Waals surface area contributed by atoms with Crippen LogP contribution in [0.2, 0.25) is 0 Å². The molecule has 1 amide bonds. The van der Waals surface area contributed by atoms with Gasteiger partial charge in [-0.3, -0.25) is 4.79 Å². The predicted octanol–water partition coefficient (Wildman–Crippen LogP) is 3.26. The lowest BCUT2D eigenvalue weighted by atomic mass is 10.2. The van der Waals surface area contributed by atoms with Crippen molar-refractivity contribution in [2.45, 2.75) is 31.6 Å². The van der Waals surface area contributed by atoms with Crippen LogP contribution in [0.4, 0.5) is 4.39 Å². The van der Waals surface area contributed by atoms with Crippen molar-refractivity contribution in [3.05, 3.63) is 29.6 Å². The Morgan fingerprint density at radius 2 is 1.95 bits per heavy atom. The standard InChI is InChI=1S/C15H20FNO3S/c1-3-17(4-2)14(18)6-5-9-21-11-7-8-13(16)12(10-11)15(19)20/h7-8,10H,3-6,9H2,1-2H3,(H,19,20). The van der Waals surface area contributed by atoms with E-state index < -0.39 is 11.8 Å². The van der Waals surface area contributed by atoms with Crippen molar-refractivity contribution in [3.8, 4) is 0 Å². The van der Waals surface area contributed by atoms with Gasteiger partial charge in [0.2, 0.25) is 5.91 Å². The number of amides is 1. The molecule has 0 spiro atoms. The molecular weight excluding hydrogens is 293 g/mol. The topological polar surface area (TPSA) is 57.6 Å². The largest absolute Gasteiger partial charge is 0.478 e. The van der Waals surface area contributed by atoms with E-state index in [0.717, 1.165) is 6.07 Å². The molecule has 1 aromatic rings. The van der Waals surface area contributed by atoms with Crippen molar-refractivity contribution in [1.82, 2.24) is 4.90 Å². The van der Waals surface area contributed by atoms with Gasteiger partial charge in [-0.2, -0.15) is 0 Å². The van der Waals surface area contributed by atoms with Gasteiger partial charge in [-0.05, 0) is 44.2 Å². The molecule has 21 heavy (non-hydrogen) atoms. The Labute approximate surface area is 128 Å². The Balaban J connectivity index is 2.45. The number of halogens is 1. The number of carboxylic acids is 1. The normalized spacial score (nSPS) is 10.4. The minimum atomic E-state index is -1.27. The first-order valence-corrected chi connectivity index (χ1v) is 7.91. The minimum absolute atomic E-state index is 0.130. The average molecular weight is 313 g/mol. The van der Waals surface area contributed by atoms with Gasteiger partial charge in [-0.25, -0.2) is 9.18 Å². The number of carboxylic acid groups (broad SMARTS) is 1. The van der Waals surface area contributed by atoms with Crippen LogP contribution in [0.15, 0.2) is 23.1 Å². The molecule has 0 fully saturated rings. The van der Waals surface area contributed by atoms with Crippen LogP contribution in [0, 0.1) is 5.82 Å². The molecule has 0 atom stereocenters. The second-order valence-electron chi connectivity index (χ2n) is 4.46. The summed E-state index contributed by atoms with van der Waals surface area (Å²) in [5.41, 5.74) is -0.320. The van der Waals surface area contributed by atoms with Crippen LogP contribution in [-0.4, -0.2) is 40.7 Å². The summed E-state index contributed by atoms with van der Waals surface area (Å²) in [5, 5.41) is 8.85. The molecule has 1 aromatic carbocycles. The predicted molar refractivity (Wildman–Crippen MR) is 81.2 cm³/mol. The number of hydrogen-bond acceptors (Lipinski definition) is 3. The van der Waals surface area contributed by atoms with Gasteiger partial charge in [0.1, 0.15) is 5.82 Å². The molecule has 0 saturated heterocycles. The van der Waals surface area contributed by atoms with Gasteiger partial charge < -0.3 is 10.0 Å². The fourth-order valence-corrected chi connectivity index (χ4v) is 2.80. The third kappa shape index (κ3) is 5.38. The molecule has 116 valence electrons. The van der Waals surface area contributed by atoms with Gasteiger partial charge in [-0.15, -0.1) is 11.8 Å². The molecular formula is C15H20FNO3S. The highest BCUT2D eigenvalue weighted by molar-refractivity contribution is 7.99. The second kappa shape index (κ2) is 8.67. The lowest BCUT2D eigenvalue weighted by molar-refractivity contribution is -0.130. The van der Waals surface area contributed by atoms with E-state index in [-0.39, 0.29) is 11.5 Å². The van der Waals surface area contributed by atoms with Gasteiger partial charge in [0, 0.05) is 24.4 Å². The van der Waals surface area contributed by atoms with Crippen LogP contribution in [0.1, 0.15) is 37.0 Å². The van der Waals surface area contributed by atoms with Gasteiger partial charge in [-0.1, -0.05) is 0 Å². The summed E-state index contributed by atoms with van der Waals surface area (Å²) in [5.74, 6) is -1.18. The molecule has 0 saturated carbocycles. The van der Waals surface area contributed by atoms with Crippen molar-refractivity contribution in [1.29, 1.82) is 0 Å². The summed E-state index contributed by atoms with van der Waals surface area (Å²) >= 11 is 1.43. The van der Waals surface area contributed by atoms with Gasteiger partial charge in [0.25, 0.3) is 0 Å². The quantitative estimate of drug-likeness (QED) is 0.591. The van der Waals surface area contributed by atoms with Crippen LogP contribution in [-0.2, 0) is 4.79 Å². The number of aromatic carboxylic acids is 1. The lowest BCUT2D eigenvalue weighted by Crippen LogP contribution is -2.30. The van der Waals surface area contributed by atoms with E-state index >= 15 is 0 Å². The zero-order chi connectivity index (χ0) is 15.8.